The molecular weight excluding hydrogens is 458 g/mol. The van der Waals surface area contributed by atoms with E-state index in [-0.39, 0.29) is 18.8 Å². The van der Waals surface area contributed by atoms with E-state index in [0.717, 1.165) is 53.0 Å². The van der Waals surface area contributed by atoms with Gasteiger partial charge in [-0.1, -0.05) is 11.6 Å². The number of nitrogens with zero attached hydrogens (tertiary/aromatic N) is 3. The molecule has 0 unspecified atom stereocenters. The van der Waals surface area contributed by atoms with Crippen molar-refractivity contribution < 1.29 is 17.6 Å². The quantitative estimate of drug-likeness (QED) is 0.447. The standard InChI is InChI=1S/C26H31F4N5/c1-16-4-6-22-20(10-16)21-11-17(2)35(15-26(28,29)30)25(24(21)33-22)23-7-5-18(12-31-23)32-19-13-34(14-19)9-3-8-27/h4-7,10,12,17,19,25,32-33H,3,8-9,11,13-15H2,1-2H3/t17-,25-/m1/s1. The van der Waals surface area contributed by atoms with Gasteiger partial charge >= 0.3 is 6.18 Å². The topological polar surface area (TPSA) is 47.2 Å². The van der Waals surface area contributed by atoms with E-state index in [2.05, 4.69) is 26.3 Å². The number of nitrogens with one attached hydrogen (secondary N) is 2. The Morgan fingerprint density at radius 1 is 1.17 bits per heavy atom. The maximum Gasteiger partial charge on any atom is 0.401 e. The molecule has 2 aromatic heterocycles. The molecule has 4 heterocycles. The van der Waals surface area contributed by atoms with Gasteiger partial charge in [-0.3, -0.25) is 19.2 Å². The molecule has 0 aliphatic carbocycles. The number of alkyl halides is 4. The summed E-state index contributed by atoms with van der Waals surface area (Å²) in [6.45, 7) is 5.03. The first-order valence-corrected chi connectivity index (χ1v) is 12.2. The van der Waals surface area contributed by atoms with Gasteiger partial charge in [0.15, 0.2) is 0 Å². The summed E-state index contributed by atoms with van der Waals surface area (Å²) >= 11 is 0. The molecule has 5 rings (SSSR count). The number of benzene rings is 1. The summed E-state index contributed by atoms with van der Waals surface area (Å²) in [7, 11) is 0. The van der Waals surface area contributed by atoms with Crippen LogP contribution < -0.4 is 5.32 Å². The van der Waals surface area contributed by atoms with Crippen LogP contribution in [0, 0.1) is 6.92 Å². The lowest BCUT2D eigenvalue weighted by atomic mass is 9.90. The van der Waals surface area contributed by atoms with Crippen LogP contribution in [0.1, 0.15) is 41.9 Å². The smallest absolute Gasteiger partial charge is 0.378 e. The highest BCUT2D eigenvalue weighted by Gasteiger charge is 2.42. The number of halogens is 4. The van der Waals surface area contributed by atoms with Crippen LogP contribution in [0.25, 0.3) is 10.9 Å². The molecule has 2 aliphatic rings. The molecule has 2 atom stereocenters. The lowest BCUT2D eigenvalue weighted by molar-refractivity contribution is -0.155. The Hall–Kier alpha value is -2.65. The Balaban J connectivity index is 1.42. The third-order valence-corrected chi connectivity index (χ3v) is 7.13. The van der Waals surface area contributed by atoms with Crippen molar-refractivity contribution in [3.63, 3.8) is 0 Å². The molecule has 5 nitrogen and oxygen atoms in total. The fraction of sp³-hybridized carbons (Fsp3) is 0.500. The molecule has 2 N–H and O–H groups in total. The number of anilines is 1. The summed E-state index contributed by atoms with van der Waals surface area (Å²) in [6.07, 6.45) is -1.51. The molecule has 3 aromatic rings. The number of rotatable bonds is 7. The van der Waals surface area contributed by atoms with Crippen molar-refractivity contribution >= 4 is 16.6 Å². The first-order valence-electron chi connectivity index (χ1n) is 12.2. The van der Waals surface area contributed by atoms with Gasteiger partial charge in [-0.2, -0.15) is 13.2 Å². The van der Waals surface area contributed by atoms with Crippen LogP contribution in [0.3, 0.4) is 0 Å². The molecule has 0 amide bonds. The third-order valence-electron chi connectivity index (χ3n) is 7.13. The number of hydrogen-bond donors (Lipinski definition) is 2. The molecule has 0 spiro atoms. The molecule has 35 heavy (non-hydrogen) atoms. The third kappa shape index (κ3) is 5.02. The van der Waals surface area contributed by atoms with Crippen LogP contribution in [0.4, 0.5) is 23.2 Å². The highest BCUT2D eigenvalue weighted by Crippen LogP contribution is 2.41. The number of aromatic nitrogens is 2. The Bertz CT molecular complexity index is 1170. The van der Waals surface area contributed by atoms with Crippen molar-refractivity contribution in [2.24, 2.45) is 0 Å². The van der Waals surface area contributed by atoms with E-state index in [0.29, 0.717) is 18.5 Å². The van der Waals surface area contributed by atoms with Gasteiger partial charge in [-0.25, -0.2) is 0 Å². The van der Waals surface area contributed by atoms with E-state index in [4.69, 9.17) is 0 Å². The molecule has 188 valence electrons. The predicted octanol–water partition coefficient (Wildman–Crippen LogP) is 5.23. The van der Waals surface area contributed by atoms with Crippen LogP contribution in [0.2, 0.25) is 0 Å². The second-order valence-corrected chi connectivity index (χ2v) is 9.92. The number of aryl methyl sites for hydroxylation is 1. The molecule has 0 bridgehead atoms. The number of hydrogen-bond acceptors (Lipinski definition) is 4. The highest BCUT2D eigenvalue weighted by atomic mass is 19.4. The number of fused-ring (bicyclic) bond motifs is 3. The SMILES string of the molecule is Cc1ccc2[nH]c3c(c2c1)C[C@@H](C)N(CC(F)(F)F)[C@@H]3c1ccc(NC2CN(CCCF)C2)cn1. The van der Waals surface area contributed by atoms with Crippen LogP contribution in [0.15, 0.2) is 36.5 Å². The molecule has 9 heteroatoms. The fourth-order valence-electron chi connectivity index (χ4n) is 5.46. The van der Waals surface area contributed by atoms with Crippen molar-refractivity contribution in [1.82, 2.24) is 19.8 Å². The van der Waals surface area contributed by atoms with E-state index in [9.17, 15) is 17.6 Å². The molecule has 1 fully saturated rings. The van der Waals surface area contributed by atoms with Gasteiger partial charge in [0.25, 0.3) is 0 Å². The first kappa shape index (κ1) is 24.1. The van der Waals surface area contributed by atoms with Gasteiger partial charge in [0.1, 0.15) is 0 Å². The number of pyridine rings is 1. The van der Waals surface area contributed by atoms with Crippen LogP contribution in [-0.4, -0.2) is 70.9 Å². The van der Waals surface area contributed by atoms with Crippen molar-refractivity contribution in [1.29, 1.82) is 0 Å². The summed E-state index contributed by atoms with van der Waals surface area (Å²) in [5.74, 6) is 0. The molecule has 0 radical (unpaired) electrons. The zero-order chi connectivity index (χ0) is 24.7. The second kappa shape index (κ2) is 9.43. The Morgan fingerprint density at radius 3 is 2.66 bits per heavy atom. The summed E-state index contributed by atoms with van der Waals surface area (Å²) < 4.78 is 53.1. The molecular formula is C26H31F4N5. The molecule has 1 saturated heterocycles. The first-order chi connectivity index (χ1) is 16.7. The maximum atomic E-state index is 13.6. The van der Waals surface area contributed by atoms with Crippen LogP contribution >= 0.6 is 0 Å². The van der Waals surface area contributed by atoms with Gasteiger partial charge < -0.3 is 10.3 Å². The average molecular weight is 490 g/mol. The van der Waals surface area contributed by atoms with Gasteiger partial charge in [-0.05, 0) is 56.5 Å². The minimum absolute atomic E-state index is 0.266. The Kier molecular flexibility index (Phi) is 6.48. The summed E-state index contributed by atoms with van der Waals surface area (Å²) in [6, 6.07) is 9.18. The van der Waals surface area contributed by atoms with Gasteiger partial charge in [0.05, 0.1) is 42.9 Å². The minimum atomic E-state index is -4.31. The minimum Gasteiger partial charge on any atom is -0.378 e. The highest BCUT2D eigenvalue weighted by molar-refractivity contribution is 5.86. The summed E-state index contributed by atoms with van der Waals surface area (Å²) in [5, 5.41) is 4.49. The van der Waals surface area contributed by atoms with Gasteiger partial charge in [0, 0.05) is 42.3 Å². The largest absolute Gasteiger partial charge is 0.401 e. The zero-order valence-corrected chi connectivity index (χ0v) is 20.0. The molecule has 0 saturated carbocycles. The van der Waals surface area contributed by atoms with E-state index in [1.54, 1.807) is 6.20 Å². The summed E-state index contributed by atoms with van der Waals surface area (Å²) in [5.41, 5.74) is 5.35. The van der Waals surface area contributed by atoms with Crippen LogP contribution in [-0.2, 0) is 6.42 Å². The van der Waals surface area contributed by atoms with Crippen LogP contribution in [0.5, 0.6) is 0 Å². The fourth-order valence-corrected chi connectivity index (χ4v) is 5.46. The van der Waals surface area contributed by atoms with Gasteiger partial charge in [-0.15, -0.1) is 0 Å². The van der Waals surface area contributed by atoms with E-state index in [1.807, 2.05) is 38.1 Å². The lowest BCUT2D eigenvalue weighted by Crippen LogP contribution is -2.54. The lowest BCUT2D eigenvalue weighted by Gasteiger charge is -2.41. The number of aromatic amines is 1. The number of H-pyrrole nitrogens is 1. The molecule has 1 aromatic carbocycles. The summed E-state index contributed by atoms with van der Waals surface area (Å²) in [4.78, 5) is 11.7. The van der Waals surface area contributed by atoms with E-state index in [1.165, 1.54) is 4.90 Å². The normalized spacial score (nSPS) is 21.8. The van der Waals surface area contributed by atoms with E-state index >= 15 is 0 Å². The Morgan fingerprint density at radius 2 is 1.97 bits per heavy atom. The van der Waals surface area contributed by atoms with Crippen molar-refractivity contribution in [2.45, 2.75) is 51.0 Å². The van der Waals surface area contributed by atoms with Gasteiger partial charge in [0.2, 0.25) is 0 Å². The zero-order valence-electron chi connectivity index (χ0n) is 20.0. The second-order valence-electron chi connectivity index (χ2n) is 9.92. The van der Waals surface area contributed by atoms with Crippen molar-refractivity contribution in [3.8, 4) is 0 Å². The average Bonchev–Trinajstić information content (AvgIpc) is 3.12. The maximum absolute atomic E-state index is 13.6. The van der Waals surface area contributed by atoms with E-state index < -0.39 is 18.8 Å². The van der Waals surface area contributed by atoms with Crippen molar-refractivity contribution in [2.75, 3.05) is 38.2 Å². The number of likely N-dealkylation sites (tertiary alicyclic amines) is 1. The van der Waals surface area contributed by atoms with Crippen molar-refractivity contribution in [3.05, 3.63) is 59.0 Å². The monoisotopic (exact) mass is 489 g/mol. The predicted molar refractivity (Wildman–Crippen MR) is 129 cm³/mol. The Labute approximate surface area is 202 Å². The molecule has 2 aliphatic heterocycles.